The number of hydrogen-bond donors (Lipinski definition) is 0. The summed E-state index contributed by atoms with van der Waals surface area (Å²) in [6.07, 6.45) is 3.17. The van der Waals surface area contributed by atoms with Crippen molar-refractivity contribution in [3.63, 3.8) is 0 Å². The molecule has 0 aliphatic carbocycles. The van der Waals surface area contributed by atoms with Gasteiger partial charge in [0.1, 0.15) is 25.0 Å². The van der Waals surface area contributed by atoms with E-state index in [1.54, 1.807) is 11.0 Å². The minimum Gasteiger partial charge on any atom is -0.492 e. The number of benzene rings is 2. The first-order valence-corrected chi connectivity index (χ1v) is 6.91. The van der Waals surface area contributed by atoms with Crippen molar-refractivity contribution in [3.05, 3.63) is 66.7 Å². The fourth-order valence-electron chi connectivity index (χ4n) is 2.09. The number of aromatic nitrogens is 3. The second-order valence-electron chi connectivity index (χ2n) is 4.72. The van der Waals surface area contributed by atoms with Crippen molar-refractivity contribution in [2.24, 2.45) is 0 Å². The third-order valence-electron chi connectivity index (χ3n) is 3.26. The molecule has 3 aromatic rings. The van der Waals surface area contributed by atoms with E-state index in [1.165, 1.54) is 6.33 Å². The van der Waals surface area contributed by atoms with Gasteiger partial charge in [-0.1, -0.05) is 24.3 Å². The van der Waals surface area contributed by atoms with Crippen molar-refractivity contribution in [1.82, 2.24) is 14.8 Å². The predicted octanol–water partition coefficient (Wildman–Crippen LogP) is 2.90. The number of nitrogens with zero attached hydrogens (tertiary/aromatic N) is 4. The molecule has 2 aromatic carbocycles. The molecule has 0 aliphatic rings. The maximum atomic E-state index is 8.81. The molecule has 22 heavy (non-hydrogen) atoms. The molecule has 0 fully saturated rings. The molecule has 0 radical (unpaired) electrons. The Labute approximate surface area is 128 Å². The molecule has 108 valence electrons. The fourth-order valence-corrected chi connectivity index (χ4v) is 2.09. The van der Waals surface area contributed by atoms with Gasteiger partial charge in [0.25, 0.3) is 0 Å². The average Bonchev–Trinajstić information content (AvgIpc) is 3.09. The van der Waals surface area contributed by atoms with Crippen LogP contribution in [0.2, 0.25) is 0 Å². The largest absolute Gasteiger partial charge is 0.492 e. The van der Waals surface area contributed by atoms with E-state index < -0.39 is 0 Å². The summed E-state index contributed by atoms with van der Waals surface area (Å²) >= 11 is 0. The summed E-state index contributed by atoms with van der Waals surface area (Å²) in [5.41, 5.74) is 2.83. The van der Waals surface area contributed by atoms with Crippen molar-refractivity contribution < 1.29 is 4.74 Å². The highest BCUT2D eigenvalue weighted by atomic mass is 16.5. The molecule has 0 atom stereocenters. The molecule has 0 saturated carbocycles. The van der Waals surface area contributed by atoms with Crippen LogP contribution in [0.15, 0.2) is 61.2 Å². The SMILES string of the molecule is N#Cc1ccc(-c2ccc(OCCn3cncn3)cc2)cc1. The zero-order valence-corrected chi connectivity index (χ0v) is 11.9. The summed E-state index contributed by atoms with van der Waals surface area (Å²) in [7, 11) is 0. The number of rotatable bonds is 5. The topological polar surface area (TPSA) is 63.7 Å². The second kappa shape index (κ2) is 6.55. The normalized spacial score (nSPS) is 10.1. The fraction of sp³-hybridized carbons (Fsp3) is 0.118. The minimum atomic E-state index is 0.541. The van der Waals surface area contributed by atoms with Crippen LogP contribution in [0.3, 0.4) is 0 Å². The Morgan fingerprint density at radius 3 is 2.27 bits per heavy atom. The van der Waals surface area contributed by atoms with E-state index in [-0.39, 0.29) is 0 Å². The van der Waals surface area contributed by atoms with Gasteiger partial charge in [0.15, 0.2) is 0 Å². The van der Waals surface area contributed by atoms with Gasteiger partial charge in [0.05, 0.1) is 18.2 Å². The highest BCUT2D eigenvalue weighted by molar-refractivity contribution is 5.64. The van der Waals surface area contributed by atoms with Crippen molar-refractivity contribution in [3.8, 4) is 22.9 Å². The molecule has 1 heterocycles. The first kappa shape index (κ1) is 13.8. The molecule has 0 N–H and O–H groups in total. The Morgan fingerprint density at radius 1 is 1.00 bits per heavy atom. The third kappa shape index (κ3) is 3.30. The highest BCUT2D eigenvalue weighted by Gasteiger charge is 2.00. The monoisotopic (exact) mass is 290 g/mol. The van der Waals surface area contributed by atoms with E-state index in [0.717, 1.165) is 16.9 Å². The number of nitriles is 1. The Hall–Kier alpha value is -3.13. The van der Waals surface area contributed by atoms with Gasteiger partial charge in [0.2, 0.25) is 0 Å². The summed E-state index contributed by atoms with van der Waals surface area (Å²) in [4.78, 5) is 3.88. The summed E-state index contributed by atoms with van der Waals surface area (Å²) in [5, 5.41) is 12.8. The van der Waals surface area contributed by atoms with Crippen LogP contribution in [-0.2, 0) is 6.54 Å². The third-order valence-corrected chi connectivity index (χ3v) is 3.26. The number of hydrogen-bond acceptors (Lipinski definition) is 4. The van der Waals surface area contributed by atoms with Crippen LogP contribution in [0.4, 0.5) is 0 Å². The van der Waals surface area contributed by atoms with Crippen LogP contribution >= 0.6 is 0 Å². The Morgan fingerprint density at radius 2 is 1.68 bits per heavy atom. The van der Waals surface area contributed by atoms with Crippen LogP contribution in [0.1, 0.15) is 5.56 Å². The molecule has 1 aromatic heterocycles. The van der Waals surface area contributed by atoms with Gasteiger partial charge in [-0.3, -0.25) is 0 Å². The molecule has 0 spiro atoms. The molecule has 0 bridgehead atoms. The van der Waals surface area contributed by atoms with Crippen molar-refractivity contribution >= 4 is 0 Å². The van der Waals surface area contributed by atoms with E-state index in [1.807, 2.05) is 48.5 Å². The molecule has 0 saturated heterocycles. The zero-order valence-electron chi connectivity index (χ0n) is 11.9. The average molecular weight is 290 g/mol. The summed E-state index contributed by atoms with van der Waals surface area (Å²) in [6.45, 7) is 1.21. The first-order chi connectivity index (χ1) is 10.8. The van der Waals surface area contributed by atoms with Crippen LogP contribution in [0, 0.1) is 11.3 Å². The number of ether oxygens (including phenoxy) is 1. The molecule has 5 nitrogen and oxygen atoms in total. The van der Waals surface area contributed by atoms with E-state index >= 15 is 0 Å². The lowest BCUT2D eigenvalue weighted by Gasteiger charge is -2.07. The molecular formula is C17H14N4O. The van der Waals surface area contributed by atoms with Crippen molar-refractivity contribution in [2.75, 3.05) is 6.61 Å². The molecule has 0 amide bonds. The van der Waals surface area contributed by atoms with Gasteiger partial charge >= 0.3 is 0 Å². The van der Waals surface area contributed by atoms with Crippen molar-refractivity contribution in [1.29, 1.82) is 5.26 Å². The molecular weight excluding hydrogens is 276 g/mol. The minimum absolute atomic E-state index is 0.541. The van der Waals surface area contributed by atoms with Gasteiger partial charge in [0, 0.05) is 0 Å². The standard InChI is InChI=1S/C17H14N4O/c18-11-14-1-3-15(4-2-14)16-5-7-17(8-6-16)22-10-9-21-13-19-12-20-21/h1-8,12-13H,9-10H2. The summed E-state index contributed by atoms with van der Waals surface area (Å²) < 4.78 is 7.40. The summed E-state index contributed by atoms with van der Waals surface area (Å²) in [5.74, 6) is 0.817. The lowest BCUT2D eigenvalue weighted by atomic mass is 10.0. The van der Waals surface area contributed by atoms with Gasteiger partial charge in [-0.15, -0.1) is 0 Å². The Bertz CT molecular complexity index is 756. The lowest BCUT2D eigenvalue weighted by molar-refractivity contribution is 0.291. The maximum absolute atomic E-state index is 8.81. The van der Waals surface area contributed by atoms with Crippen molar-refractivity contribution in [2.45, 2.75) is 6.54 Å². The summed E-state index contributed by atoms with van der Waals surface area (Å²) in [6, 6.07) is 17.5. The molecule has 0 unspecified atom stereocenters. The van der Waals surface area contributed by atoms with E-state index in [4.69, 9.17) is 10.00 Å². The second-order valence-corrected chi connectivity index (χ2v) is 4.72. The van der Waals surface area contributed by atoms with Gasteiger partial charge in [-0.25, -0.2) is 9.67 Å². The van der Waals surface area contributed by atoms with Gasteiger partial charge < -0.3 is 4.74 Å². The predicted molar refractivity (Wildman–Crippen MR) is 82.1 cm³/mol. The van der Waals surface area contributed by atoms with E-state index in [2.05, 4.69) is 16.2 Å². The van der Waals surface area contributed by atoms with E-state index in [0.29, 0.717) is 18.7 Å². The quantitative estimate of drug-likeness (QED) is 0.724. The van der Waals surface area contributed by atoms with Gasteiger partial charge in [-0.05, 0) is 35.4 Å². The lowest BCUT2D eigenvalue weighted by Crippen LogP contribution is -2.08. The Balaban J connectivity index is 1.61. The van der Waals surface area contributed by atoms with Crippen LogP contribution < -0.4 is 4.74 Å². The van der Waals surface area contributed by atoms with E-state index in [9.17, 15) is 0 Å². The van der Waals surface area contributed by atoms with Crippen LogP contribution in [0.25, 0.3) is 11.1 Å². The Kier molecular flexibility index (Phi) is 4.12. The first-order valence-electron chi connectivity index (χ1n) is 6.91. The molecule has 0 aliphatic heterocycles. The van der Waals surface area contributed by atoms with Crippen LogP contribution in [0.5, 0.6) is 5.75 Å². The maximum Gasteiger partial charge on any atom is 0.137 e. The zero-order chi connectivity index (χ0) is 15.2. The molecule has 3 rings (SSSR count). The van der Waals surface area contributed by atoms with Gasteiger partial charge in [-0.2, -0.15) is 10.4 Å². The van der Waals surface area contributed by atoms with Crippen LogP contribution in [-0.4, -0.2) is 21.4 Å². The molecule has 5 heteroatoms. The smallest absolute Gasteiger partial charge is 0.137 e. The highest BCUT2D eigenvalue weighted by Crippen LogP contribution is 2.22.